The fraction of sp³-hybridized carbons (Fsp3) is 0.308. The van der Waals surface area contributed by atoms with E-state index in [1.807, 2.05) is 0 Å². The lowest BCUT2D eigenvalue weighted by Gasteiger charge is -2.32. The molecule has 1 aromatic carbocycles. The first kappa shape index (κ1) is 13.5. The number of aliphatic carboxylic acids is 1. The number of carbonyl (C=O) groups excluding carboxylic acids is 1. The van der Waals surface area contributed by atoms with Crippen molar-refractivity contribution in [2.45, 2.75) is 6.04 Å². The van der Waals surface area contributed by atoms with Crippen LogP contribution in [0.25, 0.3) is 11.0 Å². The Morgan fingerprint density at radius 1 is 1.48 bits per heavy atom. The number of benzene rings is 1. The van der Waals surface area contributed by atoms with Gasteiger partial charge in [0.25, 0.3) is 5.91 Å². The smallest absolute Gasteiger partial charge is 0.328 e. The number of nitrogens with zero attached hydrogens (tertiary/aromatic N) is 2. The third-order valence-corrected chi connectivity index (χ3v) is 3.39. The number of aromatic nitrogens is 2. The van der Waals surface area contributed by atoms with Crippen LogP contribution in [0.2, 0.25) is 0 Å². The second-order valence-electron chi connectivity index (χ2n) is 4.68. The molecule has 8 heteroatoms. The summed E-state index contributed by atoms with van der Waals surface area (Å²) in [5, 5.41) is 9.16. The highest BCUT2D eigenvalue weighted by molar-refractivity contribution is 6.06. The van der Waals surface area contributed by atoms with E-state index in [4.69, 9.17) is 9.84 Å². The maximum atomic E-state index is 13.6. The molecule has 0 aliphatic carbocycles. The summed E-state index contributed by atoms with van der Waals surface area (Å²) in [7, 11) is 0. The summed E-state index contributed by atoms with van der Waals surface area (Å²) in [5.41, 5.74) is 0.745. The van der Waals surface area contributed by atoms with Crippen molar-refractivity contribution in [3.63, 3.8) is 0 Å². The molecule has 1 aliphatic rings. The molecule has 21 heavy (non-hydrogen) atoms. The third kappa shape index (κ3) is 2.33. The van der Waals surface area contributed by atoms with E-state index in [0.29, 0.717) is 11.0 Å². The van der Waals surface area contributed by atoms with Crippen molar-refractivity contribution in [3.8, 4) is 0 Å². The first-order valence-electron chi connectivity index (χ1n) is 6.32. The van der Waals surface area contributed by atoms with Gasteiger partial charge in [-0.05, 0) is 12.1 Å². The van der Waals surface area contributed by atoms with Gasteiger partial charge in [-0.25, -0.2) is 14.2 Å². The standard InChI is InChI=1S/C13H12FN3O4/c14-7-3-8(11-9(4-7)15-6-16-11)12(18)17-1-2-21-5-10(17)13(19)20/h3-4,6,10H,1-2,5H2,(H,15,16)(H,19,20). The van der Waals surface area contributed by atoms with Gasteiger partial charge in [0.1, 0.15) is 11.3 Å². The zero-order valence-corrected chi connectivity index (χ0v) is 10.9. The number of H-pyrrole nitrogens is 1. The molecule has 1 atom stereocenters. The molecule has 2 heterocycles. The number of aromatic amines is 1. The van der Waals surface area contributed by atoms with Crippen molar-refractivity contribution in [1.29, 1.82) is 0 Å². The summed E-state index contributed by atoms with van der Waals surface area (Å²) in [6.45, 7) is 0.298. The summed E-state index contributed by atoms with van der Waals surface area (Å²) in [6, 6.07) is 1.22. The number of imidazole rings is 1. The Kier molecular flexibility index (Phi) is 3.30. The monoisotopic (exact) mass is 293 g/mol. The predicted octanol–water partition coefficient (Wildman–Crippen LogP) is 0.628. The first-order chi connectivity index (χ1) is 10.1. The number of hydrogen-bond donors (Lipinski definition) is 2. The molecule has 1 unspecified atom stereocenters. The topological polar surface area (TPSA) is 95.5 Å². The van der Waals surface area contributed by atoms with Gasteiger partial charge in [0.2, 0.25) is 0 Å². The molecule has 0 spiro atoms. The van der Waals surface area contributed by atoms with E-state index in [-0.39, 0.29) is 25.3 Å². The number of carboxylic acids is 1. The number of ether oxygens (including phenoxy) is 1. The summed E-state index contributed by atoms with van der Waals surface area (Å²) >= 11 is 0. The molecule has 1 fully saturated rings. The molecule has 0 bridgehead atoms. The van der Waals surface area contributed by atoms with Gasteiger partial charge in [0, 0.05) is 6.54 Å². The van der Waals surface area contributed by atoms with Gasteiger partial charge in [-0.2, -0.15) is 0 Å². The second kappa shape index (κ2) is 5.13. The summed E-state index contributed by atoms with van der Waals surface area (Å²) < 4.78 is 18.7. The molecule has 1 aromatic heterocycles. The van der Waals surface area contributed by atoms with Gasteiger partial charge < -0.3 is 19.7 Å². The van der Waals surface area contributed by atoms with Crippen molar-refractivity contribution in [3.05, 3.63) is 29.8 Å². The fourth-order valence-electron chi connectivity index (χ4n) is 2.38. The van der Waals surface area contributed by atoms with Gasteiger partial charge in [-0.15, -0.1) is 0 Å². The van der Waals surface area contributed by atoms with E-state index in [0.717, 1.165) is 6.07 Å². The van der Waals surface area contributed by atoms with Crippen molar-refractivity contribution >= 4 is 22.9 Å². The molecular formula is C13H12FN3O4. The molecule has 7 nitrogen and oxygen atoms in total. The van der Waals surface area contributed by atoms with Crippen molar-refractivity contribution in [1.82, 2.24) is 14.9 Å². The fourth-order valence-corrected chi connectivity index (χ4v) is 2.38. The molecule has 2 aromatic rings. The number of rotatable bonds is 2. The number of hydrogen-bond acceptors (Lipinski definition) is 4. The lowest BCUT2D eigenvalue weighted by atomic mass is 10.1. The van der Waals surface area contributed by atoms with E-state index in [1.165, 1.54) is 17.3 Å². The molecule has 3 rings (SSSR count). The first-order valence-corrected chi connectivity index (χ1v) is 6.32. The number of carbonyl (C=O) groups is 2. The van der Waals surface area contributed by atoms with Gasteiger partial charge in [-0.3, -0.25) is 4.79 Å². The van der Waals surface area contributed by atoms with Crippen molar-refractivity contribution in [2.75, 3.05) is 19.8 Å². The van der Waals surface area contributed by atoms with Crippen LogP contribution in [0.3, 0.4) is 0 Å². The van der Waals surface area contributed by atoms with E-state index in [2.05, 4.69) is 9.97 Å². The normalized spacial score (nSPS) is 18.9. The molecule has 1 aliphatic heterocycles. The minimum absolute atomic E-state index is 0.0411. The van der Waals surface area contributed by atoms with E-state index < -0.39 is 23.7 Å². The molecule has 2 N–H and O–H groups in total. The maximum Gasteiger partial charge on any atom is 0.328 e. The molecule has 0 radical (unpaired) electrons. The Hall–Kier alpha value is -2.48. The van der Waals surface area contributed by atoms with Crippen LogP contribution >= 0.6 is 0 Å². The third-order valence-electron chi connectivity index (χ3n) is 3.39. The molecule has 110 valence electrons. The largest absolute Gasteiger partial charge is 0.480 e. The Morgan fingerprint density at radius 2 is 2.29 bits per heavy atom. The van der Waals surface area contributed by atoms with Gasteiger partial charge in [-0.1, -0.05) is 0 Å². The highest BCUT2D eigenvalue weighted by Crippen LogP contribution is 2.21. The number of morpholine rings is 1. The number of nitrogens with one attached hydrogen (secondary N) is 1. The Bertz CT molecular complexity index is 715. The molecular weight excluding hydrogens is 281 g/mol. The van der Waals surface area contributed by atoms with Gasteiger partial charge >= 0.3 is 5.97 Å². The van der Waals surface area contributed by atoms with Gasteiger partial charge in [0.05, 0.1) is 30.6 Å². The van der Waals surface area contributed by atoms with E-state index >= 15 is 0 Å². The number of fused-ring (bicyclic) bond motifs is 1. The van der Waals surface area contributed by atoms with Gasteiger partial charge in [0.15, 0.2) is 6.04 Å². The van der Waals surface area contributed by atoms with Crippen LogP contribution in [-0.2, 0) is 9.53 Å². The average molecular weight is 293 g/mol. The lowest BCUT2D eigenvalue weighted by molar-refractivity contribution is -0.147. The Morgan fingerprint density at radius 3 is 3.05 bits per heavy atom. The maximum absolute atomic E-state index is 13.6. The summed E-state index contributed by atoms with van der Waals surface area (Å²) in [6.07, 6.45) is 1.36. The van der Waals surface area contributed by atoms with Crippen molar-refractivity contribution < 1.29 is 23.8 Å². The van der Waals surface area contributed by atoms with Crippen LogP contribution < -0.4 is 0 Å². The van der Waals surface area contributed by atoms with E-state index in [9.17, 15) is 14.0 Å². The predicted molar refractivity (Wildman–Crippen MR) is 69.3 cm³/mol. The number of halogens is 1. The zero-order chi connectivity index (χ0) is 15.0. The quantitative estimate of drug-likeness (QED) is 0.846. The van der Waals surface area contributed by atoms with Crippen LogP contribution in [-0.4, -0.2) is 57.7 Å². The highest BCUT2D eigenvalue weighted by atomic mass is 19.1. The minimum Gasteiger partial charge on any atom is -0.480 e. The lowest BCUT2D eigenvalue weighted by Crippen LogP contribution is -2.52. The molecule has 1 amide bonds. The van der Waals surface area contributed by atoms with Crippen LogP contribution in [0.5, 0.6) is 0 Å². The summed E-state index contributed by atoms with van der Waals surface area (Å²) in [5.74, 6) is -2.31. The van der Waals surface area contributed by atoms with E-state index in [1.54, 1.807) is 0 Å². The van der Waals surface area contributed by atoms with Crippen LogP contribution in [0.1, 0.15) is 10.4 Å². The molecule has 1 saturated heterocycles. The number of carboxylic acid groups (broad SMARTS) is 1. The molecule has 0 saturated carbocycles. The second-order valence-corrected chi connectivity index (χ2v) is 4.68. The summed E-state index contributed by atoms with van der Waals surface area (Å²) in [4.78, 5) is 31.7. The van der Waals surface area contributed by atoms with Crippen LogP contribution in [0, 0.1) is 5.82 Å². The SMILES string of the molecule is O=C(O)C1COCCN1C(=O)c1cc(F)cc2[nH]cnc12. The zero-order valence-electron chi connectivity index (χ0n) is 10.9. The van der Waals surface area contributed by atoms with Crippen molar-refractivity contribution in [2.24, 2.45) is 0 Å². The van der Waals surface area contributed by atoms with Crippen LogP contribution in [0.15, 0.2) is 18.5 Å². The highest BCUT2D eigenvalue weighted by Gasteiger charge is 2.34. The average Bonchev–Trinajstić information content (AvgIpc) is 2.93. The van der Waals surface area contributed by atoms with Crippen LogP contribution in [0.4, 0.5) is 4.39 Å². The Labute approximate surface area is 118 Å². The number of amides is 1. The Balaban J connectivity index is 2.03. The minimum atomic E-state index is -1.15.